The smallest absolute Gasteiger partial charge is 0.328 e. The van der Waals surface area contributed by atoms with Gasteiger partial charge in [0.2, 0.25) is 5.95 Å². The average molecular weight is 463 g/mol. The van der Waals surface area contributed by atoms with Gasteiger partial charge in [-0.05, 0) is 36.2 Å². The number of rotatable bonds is 6. The molecule has 0 spiro atoms. The fourth-order valence-electron chi connectivity index (χ4n) is 4.12. The maximum Gasteiger partial charge on any atom is 0.329 e. The van der Waals surface area contributed by atoms with Gasteiger partial charge in [-0.3, -0.25) is 9.25 Å². The summed E-state index contributed by atoms with van der Waals surface area (Å²) in [6.45, 7) is 2.71. The first-order valence-electron chi connectivity index (χ1n) is 10.5. The number of aromatic nitrogens is 5. The van der Waals surface area contributed by atoms with Gasteiger partial charge in [0, 0.05) is 48.3 Å². The molecule has 0 saturated heterocycles. The summed E-state index contributed by atoms with van der Waals surface area (Å²) < 4.78 is 3.37. The van der Waals surface area contributed by atoms with Crippen LogP contribution in [0.4, 0.5) is 16.6 Å². The monoisotopic (exact) mass is 462 g/mol. The first kappa shape index (κ1) is 21.2. The van der Waals surface area contributed by atoms with Crippen molar-refractivity contribution in [3.63, 3.8) is 0 Å². The zero-order valence-corrected chi connectivity index (χ0v) is 19.0. The standard InChI is InChI=1S/C23H23ClN8O/c1-14-11-26-22(28-20-6-7-27-30(20)2)29-21(14)16-9-18-13-32(23(33)31(18)12-16)19(10-25)15-4-3-5-17(24)8-15/h3-9,11-12,19H,10,13,25H2,1-2H3,(H,26,28,29)/t19-/m1/s1. The van der Waals surface area contributed by atoms with Gasteiger partial charge in [0.15, 0.2) is 0 Å². The second-order valence-electron chi connectivity index (χ2n) is 8.00. The van der Waals surface area contributed by atoms with E-state index < -0.39 is 0 Å². The van der Waals surface area contributed by atoms with Crippen LogP contribution < -0.4 is 11.1 Å². The van der Waals surface area contributed by atoms with E-state index in [1.165, 1.54) is 0 Å². The molecule has 0 fully saturated rings. The fraction of sp³-hybridized carbons (Fsp3) is 0.217. The lowest BCUT2D eigenvalue weighted by molar-refractivity contribution is 0.188. The summed E-state index contributed by atoms with van der Waals surface area (Å²) in [5, 5.41) is 7.94. The van der Waals surface area contributed by atoms with E-state index in [0.717, 1.165) is 33.9 Å². The largest absolute Gasteiger partial charge is 0.329 e. The van der Waals surface area contributed by atoms with Gasteiger partial charge in [-0.2, -0.15) is 5.10 Å². The van der Waals surface area contributed by atoms with Crippen molar-refractivity contribution in [2.75, 3.05) is 11.9 Å². The Labute approximate surface area is 195 Å². The lowest BCUT2D eigenvalue weighted by Gasteiger charge is -2.26. The minimum Gasteiger partial charge on any atom is -0.328 e. The number of nitrogens with two attached hydrogens (primary N) is 1. The Morgan fingerprint density at radius 1 is 1.27 bits per heavy atom. The third kappa shape index (κ3) is 3.85. The first-order chi connectivity index (χ1) is 15.9. The zero-order valence-electron chi connectivity index (χ0n) is 18.2. The molecule has 4 heterocycles. The molecule has 1 aromatic carbocycles. The summed E-state index contributed by atoms with van der Waals surface area (Å²) >= 11 is 6.15. The molecule has 10 heteroatoms. The quantitative estimate of drug-likeness (QED) is 0.450. The first-order valence-corrected chi connectivity index (χ1v) is 10.9. The topological polar surface area (TPSA) is 107 Å². The van der Waals surface area contributed by atoms with Gasteiger partial charge in [0.25, 0.3) is 0 Å². The number of aryl methyl sites for hydroxylation is 2. The molecule has 0 unspecified atom stereocenters. The van der Waals surface area contributed by atoms with Gasteiger partial charge in [0.05, 0.1) is 24.5 Å². The molecule has 3 N–H and O–H groups in total. The third-order valence-electron chi connectivity index (χ3n) is 5.82. The highest BCUT2D eigenvalue weighted by Gasteiger charge is 2.33. The van der Waals surface area contributed by atoms with E-state index in [2.05, 4.69) is 20.4 Å². The lowest BCUT2D eigenvalue weighted by Crippen LogP contribution is -2.35. The molecular formula is C23H23ClN8O. The van der Waals surface area contributed by atoms with E-state index in [1.807, 2.05) is 56.6 Å². The number of nitrogens with zero attached hydrogens (tertiary/aromatic N) is 6. The predicted molar refractivity (Wildman–Crippen MR) is 126 cm³/mol. The van der Waals surface area contributed by atoms with Crippen molar-refractivity contribution in [2.45, 2.75) is 19.5 Å². The number of carbonyl (C=O) groups is 1. The summed E-state index contributed by atoms with van der Waals surface area (Å²) in [4.78, 5) is 24.1. The number of halogens is 1. The normalized spacial score (nSPS) is 13.9. The number of benzene rings is 1. The summed E-state index contributed by atoms with van der Waals surface area (Å²) in [6, 6.07) is 10.9. The Morgan fingerprint density at radius 2 is 2.12 bits per heavy atom. The highest BCUT2D eigenvalue weighted by atomic mass is 35.5. The van der Waals surface area contributed by atoms with Gasteiger partial charge in [-0.25, -0.2) is 14.8 Å². The molecular weight excluding hydrogens is 440 g/mol. The van der Waals surface area contributed by atoms with Crippen LogP contribution >= 0.6 is 11.6 Å². The molecule has 4 aromatic rings. The van der Waals surface area contributed by atoms with Gasteiger partial charge in [-0.1, -0.05) is 23.7 Å². The number of hydrogen-bond donors (Lipinski definition) is 2. The van der Waals surface area contributed by atoms with Gasteiger partial charge in [0.1, 0.15) is 5.82 Å². The van der Waals surface area contributed by atoms with E-state index in [9.17, 15) is 4.79 Å². The zero-order chi connectivity index (χ0) is 23.1. The van der Waals surface area contributed by atoms with Crippen molar-refractivity contribution in [1.29, 1.82) is 0 Å². The third-order valence-corrected chi connectivity index (χ3v) is 6.06. The van der Waals surface area contributed by atoms with Crippen LogP contribution in [0, 0.1) is 6.92 Å². The molecule has 1 aliphatic heterocycles. The minimum atomic E-state index is -0.255. The molecule has 5 rings (SSSR count). The molecule has 1 amide bonds. The van der Waals surface area contributed by atoms with Gasteiger partial charge < -0.3 is 16.0 Å². The predicted octanol–water partition coefficient (Wildman–Crippen LogP) is 3.87. The van der Waals surface area contributed by atoms with Crippen LogP contribution in [0.15, 0.2) is 55.0 Å². The number of nitrogens with one attached hydrogen (secondary N) is 1. The van der Waals surface area contributed by atoms with E-state index >= 15 is 0 Å². The van der Waals surface area contributed by atoms with Crippen LogP contribution in [0.3, 0.4) is 0 Å². The van der Waals surface area contributed by atoms with Crippen LogP contribution in [-0.4, -0.2) is 41.8 Å². The van der Waals surface area contributed by atoms with Crippen LogP contribution in [0.1, 0.15) is 22.9 Å². The average Bonchev–Trinajstić information content (AvgIpc) is 3.47. The van der Waals surface area contributed by atoms with Crippen molar-refractivity contribution in [1.82, 2.24) is 29.2 Å². The molecule has 33 heavy (non-hydrogen) atoms. The van der Waals surface area contributed by atoms with Crippen molar-refractivity contribution in [3.05, 3.63) is 76.8 Å². The molecule has 9 nitrogen and oxygen atoms in total. The van der Waals surface area contributed by atoms with Crippen molar-refractivity contribution in [3.8, 4) is 11.3 Å². The molecule has 0 bridgehead atoms. The van der Waals surface area contributed by atoms with Gasteiger partial charge >= 0.3 is 6.03 Å². The number of hydrogen-bond acceptors (Lipinski definition) is 6. The summed E-state index contributed by atoms with van der Waals surface area (Å²) in [5.74, 6) is 1.24. The van der Waals surface area contributed by atoms with Crippen LogP contribution in [-0.2, 0) is 13.6 Å². The fourth-order valence-corrected chi connectivity index (χ4v) is 4.32. The van der Waals surface area contributed by atoms with E-state index in [-0.39, 0.29) is 12.1 Å². The molecule has 0 radical (unpaired) electrons. The Hall–Kier alpha value is -3.69. The van der Waals surface area contributed by atoms with E-state index in [1.54, 1.807) is 26.5 Å². The maximum atomic E-state index is 13.2. The highest BCUT2D eigenvalue weighted by Crippen LogP contribution is 2.33. The molecule has 1 atom stereocenters. The summed E-state index contributed by atoms with van der Waals surface area (Å²) in [7, 11) is 1.84. The molecule has 3 aromatic heterocycles. The number of carbonyl (C=O) groups excluding carboxylic acids is 1. The minimum absolute atomic E-state index is 0.119. The second-order valence-corrected chi connectivity index (χ2v) is 8.43. The van der Waals surface area contributed by atoms with Crippen LogP contribution in [0.25, 0.3) is 11.3 Å². The van der Waals surface area contributed by atoms with Crippen LogP contribution in [0.2, 0.25) is 5.02 Å². The Kier molecular flexibility index (Phi) is 5.35. The molecule has 168 valence electrons. The lowest BCUT2D eigenvalue weighted by atomic mass is 10.1. The molecule has 1 aliphatic rings. The van der Waals surface area contributed by atoms with Crippen molar-refractivity contribution < 1.29 is 4.79 Å². The second kappa shape index (κ2) is 8.34. The Balaban J connectivity index is 1.42. The molecule has 0 aliphatic carbocycles. The number of amides is 1. The Bertz CT molecular complexity index is 1340. The van der Waals surface area contributed by atoms with Crippen molar-refractivity contribution >= 4 is 29.4 Å². The summed E-state index contributed by atoms with van der Waals surface area (Å²) in [5.41, 5.74) is 10.4. The summed E-state index contributed by atoms with van der Waals surface area (Å²) in [6.07, 6.45) is 5.29. The number of anilines is 2. The molecule has 0 saturated carbocycles. The number of fused-ring (bicyclic) bond motifs is 1. The highest BCUT2D eigenvalue weighted by molar-refractivity contribution is 6.30. The van der Waals surface area contributed by atoms with Gasteiger partial charge in [-0.15, -0.1) is 0 Å². The SMILES string of the molecule is Cc1cnc(Nc2ccnn2C)nc1-c1cc2n(c1)C(=O)N([C@H](CN)c1cccc(Cl)c1)C2. The maximum absolute atomic E-state index is 13.2. The van der Waals surface area contributed by atoms with E-state index in [0.29, 0.717) is 24.1 Å². The van der Waals surface area contributed by atoms with E-state index in [4.69, 9.17) is 17.3 Å². The van der Waals surface area contributed by atoms with Crippen molar-refractivity contribution in [2.24, 2.45) is 12.8 Å². The van der Waals surface area contributed by atoms with Crippen LogP contribution in [0.5, 0.6) is 0 Å². The Morgan fingerprint density at radius 3 is 2.82 bits per heavy atom.